The Morgan fingerprint density at radius 3 is 2.25 bits per heavy atom. The number of para-hydroxylation sites is 1. The van der Waals surface area contributed by atoms with Crippen LogP contribution in [0.4, 0.5) is 0 Å². The summed E-state index contributed by atoms with van der Waals surface area (Å²) in [5.74, 6) is -0.216. The van der Waals surface area contributed by atoms with Gasteiger partial charge < -0.3 is 4.42 Å². The van der Waals surface area contributed by atoms with Crippen LogP contribution >= 0.6 is 0 Å². The quantitative estimate of drug-likeness (QED) is 0.730. The molecule has 0 amide bonds. The molecule has 0 atom stereocenters. The topological polar surface area (TPSA) is 48.0 Å². The summed E-state index contributed by atoms with van der Waals surface area (Å²) >= 11 is 0. The first-order valence-electron chi connectivity index (χ1n) is 6.22. The number of nitrogens with zero attached hydrogens (tertiary/aromatic N) is 2. The molecule has 1 heterocycles. The zero-order valence-corrected chi connectivity index (χ0v) is 10.6. The maximum atomic E-state index is 11.8. The Hall–Kier alpha value is -2.88. The van der Waals surface area contributed by atoms with Gasteiger partial charge in [0.25, 0.3) is 0 Å². The van der Waals surface area contributed by atoms with Crippen molar-refractivity contribution in [3.63, 3.8) is 0 Å². The minimum absolute atomic E-state index is 0.280. The molecule has 0 bridgehead atoms. The van der Waals surface area contributed by atoms with Crippen molar-refractivity contribution in [2.45, 2.75) is 0 Å². The molecule has 98 valence electrons. The van der Waals surface area contributed by atoms with Gasteiger partial charge in [0.05, 0.1) is 5.69 Å². The van der Waals surface area contributed by atoms with E-state index in [0.717, 1.165) is 5.56 Å². The van der Waals surface area contributed by atoms with Crippen molar-refractivity contribution in [1.29, 1.82) is 0 Å². The minimum atomic E-state index is -0.496. The lowest BCUT2D eigenvalue weighted by Crippen LogP contribution is -2.12. The van der Waals surface area contributed by atoms with Crippen LogP contribution in [0, 0.1) is 0 Å². The first-order valence-corrected chi connectivity index (χ1v) is 6.22. The molecule has 3 rings (SSSR count). The molecule has 0 aliphatic carbocycles. The maximum absolute atomic E-state index is 11.8. The Labute approximate surface area is 115 Å². The molecule has 20 heavy (non-hydrogen) atoms. The van der Waals surface area contributed by atoms with Crippen molar-refractivity contribution in [1.82, 2.24) is 9.78 Å². The lowest BCUT2D eigenvalue weighted by molar-refractivity contribution is 0.496. The summed E-state index contributed by atoms with van der Waals surface area (Å²) in [4.78, 5) is 11.8. The zero-order chi connectivity index (χ0) is 13.8. The highest BCUT2D eigenvalue weighted by Crippen LogP contribution is 2.07. The van der Waals surface area contributed by atoms with Gasteiger partial charge in [-0.25, -0.2) is 4.79 Å². The van der Waals surface area contributed by atoms with Crippen LogP contribution in [0.5, 0.6) is 0 Å². The van der Waals surface area contributed by atoms with E-state index in [1.807, 2.05) is 54.6 Å². The summed E-state index contributed by atoms with van der Waals surface area (Å²) in [7, 11) is 0. The molecule has 0 fully saturated rings. The van der Waals surface area contributed by atoms with Gasteiger partial charge >= 0.3 is 5.76 Å². The first kappa shape index (κ1) is 12.2. The Bertz CT molecular complexity index is 771. The Balaban J connectivity index is 1.90. The fourth-order valence-electron chi connectivity index (χ4n) is 1.82. The summed E-state index contributed by atoms with van der Waals surface area (Å²) in [6.07, 6.45) is 3.52. The van der Waals surface area contributed by atoms with Crippen LogP contribution in [0.25, 0.3) is 17.8 Å². The highest BCUT2D eigenvalue weighted by atomic mass is 16.4. The van der Waals surface area contributed by atoms with E-state index in [2.05, 4.69) is 5.10 Å². The van der Waals surface area contributed by atoms with Crippen LogP contribution in [0.3, 0.4) is 0 Å². The van der Waals surface area contributed by atoms with E-state index in [4.69, 9.17) is 4.42 Å². The highest BCUT2D eigenvalue weighted by molar-refractivity contribution is 5.65. The fraction of sp³-hybridized carbons (Fsp3) is 0. The molecule has 0 radical (unpaired) electrons. The molecule has 0 saturated carbocycles. The summed E-state index contributed by atoms with van der Waals surface area (Å²) < 4.78 is 6.34. The van der Waals surface area contributed by atoms with Crippen molar-refractivity contribution in [3.05, 3.63) is 82.7 Å². The van der Waals surface area contributed by atoms with Gasteiger partial charge in [-0.2, -0.15) is 4.68 Å². The van der Waals surface area contributed by atoms with E-state index in [9.17, 15) is 4.79 Å². The van der Waals surface area contributed by atoms with E-state index < -0.39 is 5.76 Å². The van der Waals surface area contributed by atoms with E-state index >= 15 is 0 Å². The van der Waals surface area contributed by atoms with Crippen molar-refractivity contribution in [3.8, 4) is 5.69 Å². The molecule has 4 nitrogen and oxygen atoms in total. The number of hydrogen-bond donors (Lipinski definition) is 0. The van der Waals surface area contributed by atoms with Crippen LogP contribution in [0.1, 0.15) is 11.5 Å². The third-order valence-corrected chi connectivity index (χ3v) is 2.78. The predicted octanol–water partition coefficient (Wildman–Crippen LogP) is 3.00. The largest absolute Gasteiger partial charge is 0.442 e. The molecule has 0 aliphatic rings. The Morgan fingerprint density at radius 2 is 1.55 bits per heavy atom. The Kier molecular flexibility index (Phi) is 3.29. The van der Waals surface area contributed by atoms with Crippen molar-refractivity contribution >= 4 is 12.2 Å². The van der Waals surface area contributed by atoms with Gasteiger partial charge in [0.2, 0.25) is 5.89 Å². The molecule has 0 unspecified atom stereocenters. The molecule has 0 saturated heterocycles. The molecular weight excluding hydrogens is 252 g/mol. The number of hydrogen-bond acceptors (Lipinski definition) is 3. The minimum Gasteiger partial charge on any atom is -0.388 e. The second-order valence-electron chi connectivity index (χ2n) is 4.20. The van der Waals surface area contributed by atoms with E-state index in [-0.39, 0.29) is 5.89 Å². The second-order valence-corrected chi connectivity index (χ2v) is 4.20. The summed E-state index contributed by atoms with van der Waals surface area (Å²) in [5.41, 5.74) is 1.70. The zero-order valence-electron chi connectivity index (χ0n) is 10.6. The first-order chi connectivity index (χ1) is 9.83. The van der Waals surface area contributed by atoms with Gasteiger partial charge in [0.15, 0.2) is 0 Å². The van der Waals surface area contributed by atoms with Crippen LogP contribution in [-0.4, -0.2) is 9.78 Å². The monoisotopic (exact) mass is 264 g/mol. The summed E-state index contributed by atoms with van der Waals surface area (Å²) in [6, 6.07) is 18.9. The lowest BCUT2D eigenvalue weighted by Gasteiger charge is -1.95. The van der Waals surface area contributed by atoms with Crippen molar-refractivity contribution in [2.24, 2.45) is 0 Å². The molecule has 2 aromatic carbocycles. The standard InChI is InChI=1S/C16H12N2O2/c19-16-18(14-9-5-2-6-10-14)17-15(20-16)12-11-13-7-3-1-4-8-13/h1-12H/b12-11+. The Morgan fingerprint density at radius 1 is 0.900 bits per heavy atom. The lowest BCUT2D eigenvalue weighted by atomic mass is 10.2. The molecule has 0 N–H and O–H groups in total. The average Bonchev–Trinajstić information content (AvgIpc) is 2.88. The van der Waals surface area contributed by atoms with E-state index in [0.29, 0.717) is 5.69 Å². The number of rotatable bonds is 3. The van der Waals surface area contributed by atoms with Crippen LogP contribution in [-0.2, 0) is 0 Å². The van der Waals surface area contributed by atoms with Gasteiger partial charge in [-0.15, -0.1) is 5.10 Å². The smallest absolute Gasteiger partial charge is 0.388 e. The molecule has 4 heteroatoms. The van der Waals surface area contributed by atoms with Gasteiger partial charge in [-0.1, -0.05) is 48.5 Å². The van der Waals surface area contributed by atoms with Gasteiger partial charge in [-0.3, -0.25) is 0 Å². The normalized spacial score (nSPS) is 11.0. The maximum Gasteiger partial charge on any atom is 0.442 e. The summed E-state index contributed by atoms with van der Waals surface area (Å²) in [6.45, 7) is 0. The highest BCUT2D eigenvalue weighted by Gasteiger charge is 2.06. The molecule has 0 aliphatic heterocycles. The van der Waals surface area contributed by atoms with Gasteiger partial charge in [-0.05, 0) is 23.8 Å². The molecule has 0 spiro atoms. The average molecular weight is 264 g/mol. The number of aromatic nitrogens is 2. The van der Waals surface area contributed by atoms with E-state index in [1.54, 1.807) is 18.2 Å². The van der Waals surface area contributed by atoms with E-state index in [1.165, 1.54) is 4.68 Å². The predicted molar refractivity (Wildman–Crippen MR) is 77.5 cm³/mol. The SMILES string of the molecule is O=c1oc(/C=C/c2ccccc2)nn1-c1ccccc1. The third kappa shape index (κ3) is 2.59. The molecule has 1 aromatic heterocycles. The fourth-order valence-corrected chi connectivity index (χ4v) is 1.82. The van der Waals surface area contributed by atoms with Gasteiger partial charge in [0.1, 0.15) is 0 Å². The van der Waals surface area contributed by atoms with Crippen LogP contribution in [0.15, 0.2) is 69.9 Å². The van der Waals surface area contributed by atoms with Crippen molar-refractivity contribution < 1.29 is 4.42 Å². The number of benzene rings is 2. The van der Waals surface area contributed by atoms with Crippen LogP contribution < -0.4 is 5.76 Å². The van der Waals surface area contributed by atoms with Crippen LogP contribution in [0.2, 0.25) is 0 Å². The van der Waals surface area contributed by atoms with Gasteiger partial charge in [0, 0.05) is 6.08 Å². The molecular formula is C16H12N2O2. The molecule has 3 aromatic rings. The summed E-state index contributed by atoms with van der Waals surface area (Å²) in [5, 5.41) is 4.15. The van der Waals surface area contributed by atoms with Crippen molar-refractivity contribution in [2.75, 3.05) is 0 Å². The second kappa shape index (κ2) is 5.40. The third-order valence-electron chi connectivity index (χ3n) is 2.78.